The summed E-state index contributed by atoms with van der Waals surface area (Å²) >= 11 is 0. The second-order valence-corrected chi connectivity index (χ2v) is 6.23. The highest BCUT2D eigenvalue weighted by molar-refractivity contribution is 5.83. The van der Waals surface area contributed by atoms with Crippen LogP contribution in [-0.4, -0.2) is 34.8 Å². The second-order valence-electron chi connectivity index (χ2n) is 6.23. The van der Waals surface area contributed by atoms with E-state index < -0.39 is 12.2 Å². The lowest BCUT2D eigenvalue weighted by Gasteiger charge is -2.27. The first-order valence-corrected chi connectivity index (χ1v) is 8.22. The molecule has 2 atom stereocenters. The Morgan fingerprint density at radius 3 is 2.24 bits per heavy atom. The van der Waals surface area contributed by atoms with Gasteiger partial charge in [-0.05, 0) is 21.9 Å². The molecule has 0 radical (unpaired) electrons. The number of benzene rings is 3. The third-order valence-corrected chi connectivity index (χ3v) is 4.52. The number of carbonyl (C=O) groups is 1. The molecule has 0 aliphatic rings. The van der Waals surface area contributed by atoms with Crippen LogP contribution in [0.25, 0.3) is 10.8 Å². The summed E-state index contributed by atoms with van der Waals surface area (Å²) < 4.78 is 0. The zero-order valence-corrected chi connectivity index (χ0v) is 14.0. The van der Waals surface area contributed by atoms with Crippen LogP contribution >= 0.6 is 0 Å². The van der Waals surface area contributed by atoms with E-state index in [1.807, 2.05) is 72.8 Å². The minimum Gasteiger partial charge on any atom is -0.465 e. The van der Waals surface area contributed by atoms with Crippen LogP contribution < -0.4 is 0 Å². The van der Waals surface area contributed by atoms with Crippen molar-refractivity contribution < 1.29 is 15.0 Å². The van der Waals surface area contributed by atoms with E-state index in [1.54, 1.807) is 0 Å². The van der Waals surface area contributed by atoms with E-state index >= 15 is 0 Å². The van der Waals surface area contributed by atoms with Gasteiger partial charge in [0.05, 0.1) is 6.10 Å². The molecule has 0 fully saturated rings. The average molecular weight is 335 g/mol. The minimum atomic E-state index is -1.01. The predicted octanol–water partition coefficient (Wildman–Crippen LogP) is 4.27. The normalized spacial score (nSPS) is 13.4. The first-order chi connectivity index (χ1) is 12.1. The molecule has 0 saturated heterocycles. The lowest BCUT2D eigenvalue weighted by molar-refractivity contribution is 0.113. The Balaban J connectivity index is 2.00. The number of hydrogen-bond acceptors (Lipinski definition) is 2. The van der Waals surface area contributed by atoms with Crippen LogP contribution in [0.3, 0.4) is 0 Å². The van der Waals surface area contributed by atoms with Gasteiger partial charge < -0.3 is 15.1 Å². The lowest BCUT2D eigenvalue weighted by Crippen LogP contribution is -2.32. The van der Waals surface area contributed by atoms with Crippen molar-refractivity contribution >= 4 is 16.9 Å². The number of nitrogens with zero attached hydrogens (tertiary/aromatic N) is 1. The van der Waals surface area contributed by atoms with Crippen LogP contribution in [0, 0.1) is 0 Å². The van der Waals surface area contributed by atoms with Crippen molar-refractivity contribution in [1.29, 1.82) is 0 Å². The molecule has 3 aromatic rings. The van der Waals surface area contributed by atoms with E-state index in [0.717, 1.165) is 21.9 Å². The summed E-state index contributed by atoms with van der Waals surface area (Å²) in [7, 11) is 1.52. The summed E-state index contributed by atoms with van der Waals surface area (Å²) in [5.41, 5.74) is 1.70. The van der Waals surface area contributed by atoms with Gasteiger partial charge in [-0.25, -0.2) is 4.79 Å². The zero-order chi connectivity index (χ0) is 17.8. The molecule has 128 valence electrons. The van der Waals surface area contributed by atoms with E-state index in [1.165, 1.54) is 11.9 Å². The molecule has 3 rings (SSSR count). The van der Waals surface area contributed by atoms with Gasteiger partial charge in [0.1, 0.15) is 0 Å². The molecular formula is C21H21NO3. The Kier molecular flexibility index (Phi) is 5.00. The van der Waals surface area contributed by atoms with Crippen LogP contribution in [0.2, 0.25) is 0 Å². The zero-order valence-electron chi connectivity index (χ0n) is 14.0. The number of carboxylic acid groups (broad SMARTS) is 1. The van der Waals surface area contributed by atoms with Crippen LogP contribution in [0.4, 0.5) is 4.79 Å². The van der Waals surface area contributed by atoms with Gasteiger partial charge in [-0.15, -0.1) is 0 Å². The molecule has 0 bridgehead atoms. The van der Waals surface area contributed by atoms with E-state index in [-0.39, 0.29) is 12.5 Å². The Hall–Kier alpha value is -2.85. The number of fused-ring (bicyclic) bond motifs is 1. The fraction of sp³-hybridized carbons (Fsp3) is 0.190. The summed E-state index contributed by atoms with van der Waals surface area (Å²) in [6, 6.07) is 23.4. The summed E-state index contributed by atoms with van der Waals surface area (Å²) in [6.45, 7) is 0.212. The maximum atomic E-state index is 11.3. The molecule has 2 N–H and O–H groups in total. The maximum Gasteiger partial charge on any atom is 0.407 e. The fourth-order valence-corrected chi connectivity index (χ4v) is 3.08. The fourth-order valence-electron chi connectivity index (χ4n) is 3.08. The molecule has 0 aromatic heterocycles. The molecule has 0 spiro atoms. The summed E-state index contributed by atoms with van der Waals surface area (Å²) in [5.74, 6) is -0.354. The smallest absolute Gasteiger partial charge is 0.407 e. The van der Waals surface area contributed by atoms with Gasteiger partial charge >= 0.3 is 6.09 Å². The molecule has 3 aromatic carbocycles. The molecule has 0 aliphatic carbocycles. The summed E-state index contributed by atoms with van der Waals surface area (Å²) in [5, 5.41) is 22.4. The number of rotatable bonds is 5. The molecule has 1 amide bonds. The van der Waals surface area contributed by atoms with Crippen LogP contribution in [0.5, 0.6) is 0 Å². The van der Waals surface area contributed by atoms with E-state index in [2.05, 4.69) is 0 Å². The minimum absolute atomic E-state index is 0.212. The van der Waals surface area contributed by atoms with Gasteiger partial charge in [0.25, 0.3) is 0 Å². The monoisotopic (exact) mass is 335 g/mol. The molecule has 1 unspecified atom stereocenters. The molecule has 0 heterocycles. The first kappa shape index (κ1) is 17.0. The van der Waals surface area contributed by atoms with Crippen molar-refractivity contribution in [2.24, 2.45) is 0 Å². The van der Waals surface area contributed by atoms with Crippen LogP contribution in [-0.2, 0) is 0 Å². The van der Waals surface area contributed by atoms with Gasteiger partial charge in [-0.2, -0.15) is 0 Å². The van der Waals surface area contributed by atoms with Crippen LogP contribution in [0.1, 0.15) is 23.1 Å². The van der Waals surface area contributed by atoms with Crippen molar-refractivity contribution in [3.63, 3.8) is 0 Å². The van der Waals surface area contributed by atoms with Crippen molar-refractivity contribution in [3.05, 3.63) is 83.9 Å². The number of hydrogen-bond donors (Lipinski definition) is 2. The van der Waals surface area contributed by atoms with E-state index in [0.29, 0.717) is 0 Å². The van der Waals surface area contributed by atoms with Gasteiger partial charge in [-0.3, -0.25) is 0 Å². The number of aliphatic hydroxyl groups is 1. The highest BCUT2D eigenvalue weighted by atomic mass is 16.4. The third kappa shape index (κ3) is 3.80. The standard InChI is InChI=1S/C21H21NO3/c1-22(21(24)25)14-19(20(23)16-8-3-2-4-9-16)18-12-11-15-7-5-6-10-17(15)13-18/h2-13,19-20,23H,14H2,1H3,(H,24,25)/t19-,20?/m1/s1. The number of amides is 1. The molecule has 0 saturated carbocycles. The highest BCUT2D eigenvalue weighted by Crippen LogP contribution is 2.33. The Labute approximate surface area is 147 Å². The maximum absolute atomic E-state index is 11.3. The van der Waals surface area contributed by atoms with Crippen molar-refractivity contribution in [3.8, 4) is 0 Å². The van der Waals surface area contributed by atoms with E-state index in [9.17, 15) is 15.0 Å². The predicted molar refractivity (Wildman–Crippen MR) is 98.7 cm³/mol. The second kappa shape index (κ2) is 7.36. The number of aliphatic hydroxyl groups excluding tert-OH is 1. The molecule has 25 heavy (non-hydrogen) atoms. The lowest BCUT2D eigenvalue weighted by atomic mass is 9.87. The SMILES string of the molecule is CN(C[C@H](c1ccc2ccccc2c1)C(O)c1ccccc1)C(=O)O. The van der Waals surface area contributed by atoms with E-state index in [4.69, 9.17) is 0 Å². The van der Waals surface area contributed by atoms with Crippen molar-refractivity contribution in [2.75, 3.05) is 13.6 Å². The third-order valence-electron chi connectivity index (χ3n) is 4.52. The van der Waals surface area contributed by atoms with Gasteiger partial charge in [-0.1, -0.05) is 72.8 Å². The Morgan fingerprint density at radius 2 is 1.56 bits per heavy atom. The topological polar surface area (TPSA) is 60.8 Å². The largest absolute Gasteiger partial charge is 0.465 e. The Morgan fingerprint density at radius 1 is 0.920 bits per heavy atom. The van der Waals surface area contributed by atoms with Gasteiger partial charge in [0, 0.05) is 19.5 Å². The Bertz CT molecular complexity index is 863. The first-order valence-electron chi connectivity index (χ1n) is 8.22. The quantitative estimate of drug-likeness (QED) is 0.732. The highest BCUT2D eigenvalue weighted by Gasteiger charge is 2.26. The van der Waals surface area contributed by atoms with Gasteiger partial charge in [0.2, 0.25) is 0 Å². The summed E-state index contributed by atoms with van der Waals surface area (Å²) in [4.78, 5) is 12.5. The van der Waals surface area contributed by atoms with Crippen LogP contribution in [0.15, 0.2) is 72.8 Å². The molecule has 4 heteroatoms. The van der Waals surface area contributed by atoms with Crippen molar-refractivity contribution in [2.45, 2.75) is 12.0 Å². The molecule has 0 aliphatic heterocycles. The average Bonchev–Trinajstić information content (AvgIpc) is 2.65. The summed E-state index contributed by atoms with van der Waals surface area (Å²) in [6.07, 6.45) is -1.80. The van der Waals surface area contributed by atoms with Crippen molar-refractivity contribution in [1.82, 2.24) is 4.90 Å². The molecular weight excluding hydrogens is 314 g/mol. The number of likely N-dealkylation sites (N-methyl/N-ethyl adjacent to an activating group) is 1. The molecule has 4 nitrogen and oxygen atoms in total. The van der Waals surface area contributed by atoms with Gasteiger partial charge in [0.15, 0.2) is 0 Å².